The van der Waals surface area contributed by atoms with Crippen molar-refractivity contribution in [3.05, 3.63) is 200 Å². The first-order chi connectivity index (χ1) is 27.3. The van der Waals surface area contributed by atoms with E-state index in [2.05, 4.69) is 193 Å². The summed E-state index contributed by atoms with van der Waals surface area (Å²) in [6.07, 6.45) is 0. The molecule has 0 spiro atoms. The summed E-state index contributed by atoms with van der Waals surface area (Å²) >= 11 is 0. The molecule has 11 rings (SSSR count). The minimum atomic E-state index is 0.879. The van der Waals surface area contributed by atoms with Crippen molar-refractivity contribution in [2.24, 2.45) is 0 Å². The van der Waals surface area contributed by atoms with Gasteiger partial charge in [-0.25, -0.2) is 0 Å². The normalized spacial score (nSPS) is 11.6. The van der Waals surface area contributed by atoms with Crippen molar-refractivity contribution >= 4 is 71.7 Å². The van der Waals surface area contributed by atoms with Crippen LogP contribution >= 0.6 is 0 Å². The van der Waals surface area contributed by atoms with Gasteiger partial charge in [0.05, 0.1) is 5.69 Å². The third-order valence-electron chi connectivity index (χ3n) is 10.9. The van der Waals surface area contributed by atoms with Gasteiger partial charge in [0.1, 0.15) is 22.3 Å². The van der Waals surface area contributed by atoms with Gasteiger partial charge in [-0.15, -0.1) is 0 Å². The first-order valence-electron chi connectivity index (χ1n) is 18.7. The molecule has 9 aromatic carbocycles. The zero-order valence-electron chi connectivity index (χ0n) is 29.8. The Kier molecular flexibility index (Phi) is 7.17. The van der Waals surface area contributed by atoms with Gasteiger partial charge in [-0.3, -0.25) is 0 Å². The monoisotopic (exact) mass is 703 g/mol. The fraction of sp³-hybridized carbons (Fsp3) is 0. The average Bonchev–Trinajstić information content (AvgIpc) is 3.83. The molecule has 0 aliphatic rings. The first-order valence-corrected chi connectivity index (χ1v) is 18.7. The zero-order valence-corrected chi connectivity index (χ0v) is 29.8. The number of nitrogens with zero attached hydrogens (tertiary/aromatic N) is 1. The molecular weight excluding hydrogens is 671 g/mol. The second-order valence-electron chi connectivity index (χ2n) is 14.1. The lowest BCUT2D eigenvalue weighted by atomic mass is 9.96. The Hall–Kier alpha value is -7.36. The van der Waals surface area contributed by atoms with Gasteiger partial charge in [0.15, 0.2) is 0 Å². The molecule has 0 aliphatic carbocycles. The highest BCUT2D eigenvalue weighted by atomic mass is 16.3. The first kappa shape index (κ1) is 31.2. The van der Waals surface area contributed by atoms with Gasteiger partial charge >= 0.3 is 0 Å². The quantitative estimate of drug-likeness (QED) is 0.173. The average molecular weight is 704 g/mol. The van der Waals surface area contributed by atoms with Crippen molar-refractivity contribution in [2.75, 3.05) is 4.90 Å². The summed E-state index contributed by atoms with van der Waals surface area (Å²) in [6.45, 7) is 0. The molecule has 55 heavy (non-hydrogen) atoms. The highest BCUT2D eigenvalue weighted by Gasteiger charge is 2.21. The van der Waals surface area contributed by atoms with Crippen LogP contribution in [0.1, 0.15) is 0 Å². The Morgan fingerprint density at radius 3 is 1.75 bits per heavy atom. The number of hydrogen-bond acceptors (Lipinski definition) is 3. The Morgan fingerprint density at radius 1 is 0.327 bits per heavy atom. The molecule has 0 aliphatic heterocycles. The van der Waals surface area contributed by atoms with Crippen LogP contribution in [-0.4, -0.2) is 0 Å². The lowest BCUT2D eigenvalue weighted by Crippen LogP contribution is -2.11. The van der Waals surface area contributed by atoms with Gasteiger partial charge in [-0.2, -0.15) is 0 Å². The maximum absolute atomic E-state index is 6.63. The highest BCUT2D eigenvalue weighted by Crippen LogP contribution is 2.46. The van der Waals surface area contributed by atoms with Crippen molar-refractivity contribution < 1.29 is 8.83 Å². The van der Waals surface area contributed by atoms with Gasteiger partial charge in [-0.05, 0) is 93.9 Å². The van der Waals surface area contributed by atoms with Crippen LogP contribution < -0.4 is 4.90 Å². The Bertz CT molecular complexity index is 3190. The number of fused-ring (bicyclic) bond motifs is 8. The van der Waals surface area contributed by atoms with E-state index in [9.17, 15) is 0 Å². The van der Waals surface area contributed by atoms with E-state index in [-0.39, 0.29) is 0 Å². The van der Waals surface area contributed by atoms with Crippen molar-refractivity contribution in [3.8, 4) is 33.4 Å². The second kappa shape index (κ2) is 12.6. The second-order valence-corrected chi connectivity index (χ2v) is 14.1. The van der Waals surface area contributed by atoms with Gasteiger partial charge in [0.2, 0.25) is 0 Å². The van der Waals surface area contributed by atoms with Crippen LogP contribution in [0, 0.1) is 0 Å². The molecule has 0 saturated carbocycles. The molecule has 3 heteroatoms. The summed E-state index contributed by atoms with van der Waals surface area (Å²) < 4.78 is 12.8. The molecule has 3 nitrogen and oxygen atoms in total. The third-order valence-corrected chi connectivity index (χ3v) is 10.9. The number of hydrogen-bond donors (Lipinski definition) is 0. The minimum absolute atomic E-state index is 0.879. The molecule has 0 saturated heterocycles. The molecule has 11 aromatic rings. The van der Waals surface area contributed by atoms with Crippen LogP contribution in [0.4, 0.5) is 17.1 Å². The van der Waals surface area contributed by atoms with Crippen molar-refractivity contribution in [2.45, 2.75) is 0 Å². The van der Waals surface area contributed by atoms with E-state index >= 15 is 0 Å². The summed E-state index contributed by atoms with van der Waals surface area (Å²) in [4.78, 5) is 2.37. The molecule has 2 aromatic heterocycles. The highest BCUT2D eigenvalue weighted by molar-refractivity contribution is 6.19. The van der Waals surface area contributed by atoms with Crippen LogP contribution in [-0.2, 0) is 0 Å². The van der Waals surface area contributed by atoms with Crippen LogP contribution in [0.5, 0.6) is 0 Å². The fourth-order valence-electron chi connectivity index (χ4n) is 8.24. The Labute approximate surface area is 317 Å². The molecule has 0 amide bonds. The largest absolute Gasteiger partial charge is 0.456 e. The number of rotatable bonds is 6. The lowest BCUT2D eigenvalue weighted by molar-refractivity contribution is 0.669. The van der Waals surface area contributed by atoms with E-state index in [4.69, 9.17) is 8.83 Å². The number of benzene rings is 9. The number of para-hydroxylation sites is 2. The van der Waals surface area contributed by atoms with Crippen LogP contribution in [0.2, 0.25) is 0 Å². The van der Waals surface area contributed by atoms with Crippen LogP contribution in [0.15, 0.2) is 209 Å². The van der Waals surface area contributed by atoms with Gasteiger partial charge < -0.3 is 13.7 Å². The topological polar surface area (TPSA) is 29.5 Å². The third kappa shape index (κ3) is 5.20. The number of anilines is 3. The van der Waals surface area contributed by atoms with Crippen molar-refractivity contribution in [1.29, 1.82) is 0 Å². The van der Waals surface area contributed by atoms with Crippen molar-refractivity contribution in [3.63, 3.8) is 0 Å². The molecule has 258 valence electrons. The number of furan rings is 2. The minimum Gasteiger partial charge on any atom is -0.456 e. The summed E-state index contributed by atoms with van der Waals surface area (Å²) in [7, 11) is 0. The van der Waals surface area contributed by atoms with Crippen LogP contribution in [0.25, 0.3) is 88.0 Å². The van der Waals surface area contributed by atoms with E-state index < -0.39 is 0 Å². The maximum Gasteiger partial charge on any atom is 0.143 e. The van der Waals surface area contributed by atoms with E-state index in [1.54, 1.807) is 0 Å². The molecule has 0 bridgehead atoms. The SMILES string of the molecule is c1ccc(-c2ccc(N(c3ccc(-c4ccc5oc6ccccc6c5c4)cc3)c3ccccc3-c3cccc4oc5c6ccccc6ccc5c34)cc2)cc1. The summed E-state index contributed by atoms with van der Waals surface area (Å²) in [5.74, 6) is 0. The summed E-state index contributed by atoms with van der Waals surface area (Å²) in [5, 5.41) is 6.78. The predicted octanol–water partition coefficient (Wildman–Crippen LogP) is 15.1. The molecule has 0 unspecified atom stereocenters. The standard InChI is InChI=1S/C52H33NO2/c1-2-11-34(12-3-1)35-21-27-39(28-22-35)53(40-29-23-36(24-30-40)38-26-32-49-46(33-38)43-16-7-9-19-48(43)54-49)47-18-8-6-15-42(47)44-17-10-20-50-51(44)45-31-25-37-13-4-5-14-41(37)52(45)55-50/h1-33H. The smallest absolute Gasteiger partial charge is 0.143 e. The lowest BCUT2D eigenvalue weighted by Gasteiger charge is -2.28. The predicted molar refractivity (Wildman–Crippen MR) is 229 cm³/mol. The Balaban J connectivity index is 1.07. The molecule has 2 heterocycles. The van der Waals surface area contributed by atoms with Gasteiger partial charge in [0, 0.05) is 43.9 Å². The van der Waals surface area contributed by atoms with Gasteiger partial charge in [0.25, 0.3) is 0 Å². The molecule has 0 N–H and O–H groups in total. The molecule has 0 atom stereocenters. The van der Waals surface area contributed by atoms with E-state index in [0.717, 1.165) is 88.6 Å². The van der Waals surface area contributed by atoms with E-state index in [1.165, 1.54) is 16.5 Å². The van der Waals surface area contributed by atoms with Crippen molar-refractivity contribution in [1.82, 2.24) is 0 Å². The molecule has 0 fully saturated rings. The zero-order chi connectivity index (χ0) is 36.3. The molecular formula is C52H33NO2. The fourth-order valence-corrected chi connectivity index (χ4v) is 8.24. The van der Waals surface area contributed by atoms with E-state index in [1.807, 2.05) is 12.1 Å². The Morgan fingerprint density at radius 2 is 0.927 bits per heavy atom. The summed E-state index contributed by atoms with van der Waals surface area (Å²) in [5.41, 5.74) is 13.7. The van der Waals surface area contributed by atoms with Gasteiger partial charge in [-0.1, -0.05) is 140 Å². The van der Waals surface area contributed by atoms with E-state index in [0.29, 0.717) is 0 Å². The maximum atomic E-state index is 6.63. The van der Waals surface area contributed by atoms with Crippen LogP contribution in [0.3, 0.4) is 0 Å². The summed E-state index contributed by atoms with van der Waals surface area (Å²) in [6, 6.07) is 71.0. The molecule has 0 radical (unpaired) electrons.